The van der Waals surface area contributed by atoms with Crippen LogP contribution in [0.4, 0.5) is 0 Å². The standard InChI is InChI=1S/C16H17NO4/c1-2-9-20-13-3-5-14(6-4-13)21-11-12-7-8-17-15(10-12)16(18)19/h3-8,10H,2,9,11H2,1H3,(H,18,19). The number of pyridine rings is 1. The Bertz CT molecular complexity index is 595. The van der Waals surface area contributed by atoms with Gasteiger partial charge in [-0.1, -0.05) is 6.92 Å². The summed E-state index contributed by atoms with van der Waals surface area (Å²) in [6, 6.07) is 10.6. The minimum atomic E-state index is -1.05. The quantitative estimate of drug-likeness (QED) is 0.847. The summed E-state index contributed by atoms with van der Waals surface area (Å²) in [5, 5.41) is 8.88. The Morgan fingerprint density at radius 3 is 2.43 bits per heavy atom. The van der Waals surface area contributed by atoms with Crippen LogP contribution in [-0.2, 0) is 6.61 Å². The second-order valence-corrected chi connectivity index (χ2v) is 4.46. The molecule has 0 spiro atoms. The third kappa shape index (κ3) is 4.49. The first-order valence-corrected chi connectivity index (χ1v) is 6.73. The molecular formula is C16H17NO4. The maximum atomic E-state index is 10.8. The van der Waals surface area contributed by atoms with Crippen LogP contribution in [0.2, 0.25) is 0 Å². The van der Waals surface area contributed by atoms with Gasteiger partial charge in [-0.05, 0) is 48.4 Å². The van der Waals surface area contributed by atoms with Crippen molar-refractivity contribution in [1.82, 2.24) is 4.98 Å². The number of nitrogens with zero attached hydrogens (tertiary/aromatic N) is 1. The summed E-state index contributed by atoms with van der Waals surface area (Å²) in [6.07, 6.45) is 2.43. The van der Waals surface area contributed by atoms with Gasteiger partial charge in [-0.3, -0.25) is 0 Å². The molecule has 0 amide bonds. The Labute approximate surface area is 123 Å². The second-order valence-electron chi connectivity index (χ2n) is 4.46. The van der Waals surface area contributed by atoms with E-state index in [1.807, 2.05) is 24.3 Å². The topological polar surface area (TPSA) is 68.7 Å². The summed E-state index contributed by atoms with van der Waals surface area (Å²) >= 11 is 0. The first-order chi connectivity index (χ1) is 10.2. The van der Waals surface area contributed by atoms with E-state index >= 15 is 0 Å². The number of hydrogen-bond donors (Lipinski definition) is 1. The Balaban J connectivity index is 1.93. The van der Waals surface area contributed by atoms with Crippen LogP contribution in [-0.4, -0.2) is 22.7 Å². The lowest BCUT2D eigenvalue weighted by molar-refractivity contribution is 0.0690. The van der Waals surface area contributed by atoms with Gasteiger partial charge in [0.15, 0.2) is 0 Å². The number of carboxylic acid groups (broad SMARTS) is 1. The number of hydrogen-bond acceptors (Lipinski definition) is 4. The van der Waals surface area contributed by atoms with Crippen molar-refractivity contribution in [2.75, 3.05) is 6.61 Å². The van der Waals surface area contributed by atoms with Crippen LogP contribution in [0, 0.1) is 0 Å². The van der Waals surface area contributed by atoms with Gasteiger partial charge in [-0.2, -0.15) is 0 Å². The Hall–Kier alpha value is -2.56. The summed E-state index contributed by atoms with van der Waals surface area (Å²) < 4.78 is 11.1. The molecule has 1 aromatic carbocycles. The molecule has 0 atom stereocenters. The Morgan fingerprint density at radius 2 is 1.81 bits per heavy atom. The van der Waals surface area contributed by atoms with Gasteiger partial charge in [0.1, 0.15) is 23.8 Å². The summed E-state index contributed by atoms with van der Waals surface area (Å²) in [5.74, 6) is 0.461. The third-order valence-electron chi connectivity index (χ3n) is 2.75. The molecule has 1 aromatic heterocycles. The van der Waals surface area contributed by atoms with Crippen molar-refractivity contribution in [1.29, 1.82) is 0 Å². The van der Waals surface area contributed by atoms with Gasteiger partial charge >= 0.3 is 5.97 Å². The third-order valence-corrected chi connectivity index (χ3v) is 2.75. The van der Waals surface area contributed by atoms with Gasteiger partial charge in [-0.25, -0.2) is 9.78 Å². The second kappa shape index (κ2) is 7.28. The summed E-state index contributed by atoms with van der Waals surface area (Å²) in [6.45, 7) is 3.03. The van der Waals surface area contributed by atoms with Crippen LogP contribution in [0.1, 0.15) is 29.4 Å². The zero-order chi connectivity index (χ0) is 15.1. The molecule has 0 unspecified atom stereocenters. The van der Waals surface area contributed by atoms with Crippen molar-refractivity contribution in [2.45, 2.75) is 20.0 Å². The zero-order valence-electron chi connectivity index (χ0n) is 11.8. The summed E-state index contributed by atoms with van der Waals surface area (Å²) in [7, 11) is 0. The molecular weight excluding hydrogens is 270 g/mol. The van der Waals surface area contributed by atoms with Crippen LogP contribution < -0.4 is 9.47 Å². The van der Waals surface area contributed by atoms with E-state index in [4.69, 9.17) is 14.6 Å². The van der Waals surface area contributed by atoms with Crippen molar-refractivity contribution in [3.05, 3.63) is 53.9 Å². The summed E-state index contributed by atoms with van der Waals surface area (Å²) in [5.41, 5.74) is 0.771. The lowest BCUT2D eigenvalue weighted by Crippen LogP contribution is -2.03. The molecule has 0 aliphatic heterocycles. The van der Waals surface area contributed by atoms with E-state index < -0.39 is 5.97 Å². The van der Waals surface area contributed by atoms with Crippen LogP contribution in [0.25, 0.3) is 0 Å². The van der Waals surface area contributed by atoms with Crippen LogP contribution in [0.5, 0.6) is 11.5 Å². The molecule has 2 aromatic rings. The molecule has 5 heteroatoms. The van der Waals surface area contributed by atoms with Crippen molar-refractivity contribution in [2.24, 2.45) is 0 Å². The highest BCUT2D eigenvalue weighted by atomic mass is 16.5. The monoisotopic (exact) mass is 287 g/mol. The summed E-state index contributed by atoms with van der Waals surface area (Å²) in [4.78, 5) is 14.6. The molecule has 0 aliphatic carbocycles. The predicted molar refractivity (Wildman–Crippen MR) is 77.8 cm³/mol. The van der Waals surface area contributed by atoms with Gasteiger partial charge in [0, 0.05) is 6.20 Å². The average Bonchev–Trinajstić information content (AvgIpc) is 2.52. The van der Waals surface area contributed by atoms with Crippen molar-refractivity contribution in [3.8, 4) is 11.5 Å². The van der Waals surface area contributed by atoms with E-state index in [2.05, 4.69) is 11.9 Å². The zero-order valence-corrected chi connectivity index (χ0v) is 11.8. The minimum Gasteiger partial charge on any atom is -0.494 e. The highest BCUT2D eigenvalue weighted by Crippen LogP contribution is 2.19. The van der Waals surface area contributed by atoms with Gasteiger partial charge in [-0.15, -0.1) is 0 Å². The van der Waals surface area contributed by atoms with E-state index in [0.717, 1.165) is 17.7 Å². The molecule has 5 nitrogen and oxygen atoms in total. The van der Waals surface area contributed by atoms with E-state index in [0.29, 0.717) is 12.4 Å². The fraction of sp³-hybridized carbons (Fsp3) is 0.250. The van der Waals surface area contributed by atoms with Gasteiger partial charge in [0.05, 0.1) is 6.61 Å². The average molecular weight is 287 g/mol. The molecule has 0 bridgehead atoms. The maximum absolute atomic E-state index is 10.8. The van der Waals surface area contributed by atoms with Crippen molar-refractivity contribution < 1.29 is 19.4 Å². The van der Waals surface area contributed by atoms with Crippen molar-refractivity contribution in [3.63, 3.8) is 0 Å². The van der Waals surface area contributed by atoms with E-state index in [-0.39, 0.29) is 12.3 Å². The molecule has 21 heavy (non-hydrogen) atoms. The fourth-order valence-electron chi connectivity index (χ4n) is 1.70. The normalized spacial score (nSPS) is 10.1. The number of benzene rings is 1. The number of carboxylic acids is 1. The fourth-order valence-corrected chi connectivity index (χ4v) is 1.70. The van der Waals surface area contributed by atoms with E-state index in [1.54, 1.807) is 6.07 Å². The smallest absolute Gasteiger partial charge is 0.354 e. The molecule has 1 heterocycles. The van der Waals surface area contributed by atoms with Crippen LogP contribution in [0.3, 0.4) is 0 Å². The molecule has 1 N–H and O–H groups in total. The minimum absolute atomic E-state index is 0.0133. The molecule has 2 rings (SSSR count). The molecule has 110 valence electrons. The number of aromatic carboxylic acids is 1. The van der Waals surface area contributed by atoms with E-state index in [1.165, 1.54) is 12.3 Å². The van der Waals surface area contributed by atoms with Crippen LogP contribution in [0.15, 0.2) is 42.6 Å². The number of aromatic nitrogens is 1. The lowest BCUT2D eigenvalue weighted by Gasteiger charge is -2.08. The molecule has 0 saturated heterocycles. The molecule has 0 radical (unpaired) electrons. The predicted octanol–water partition coefficient (Wildman–Crippen LogP) is 3.15. The van der Waals surface area contributed by atoms with Crippen molar-refractivity contribution >= 4 is 5.97 Å². The lowest BCUT2D eigenvalue weighted by atomic mass is 10.2. The first-order valence-electron chi connectivity index (χ1n) is 6.73. The molecule has 0 fully saturated rings. The number of carbonyl (C=O) groups is 1. The SMILES string of the molecule is CCCOc1ccc(OCc2ccnc(C(=O)O)c2)cc1. The highest BCUT2D eigenvalue weighted by Gasteiger charge is 2.05. The van der Waals surface area contributed by atoms with Gasteiger partial charge in [0.25, 0.3) is 0 Å². The molecule has 0 saturated carbocycles. The largest absolute Gasteiger partial charge is 0.494 e. The van der Waals surface area contributed by atoms with Gasteiger partial charge < -0.3 is 14.6 Å². The number of rotatable bonds is 7. The molecule has 0 aliphatic rings. The van der Waals surface area contributed by atoms with Gasteiger partial charge in [0.2, 0.25) is 0 Å². The van der Waals surface area contributed by atoms with E-state index in [9.17, 15) is 4.79 Å². The Morgan fingerprint density at radius 1 is 1.14 bits per heavy atom. The highest BCUT2D eigenvalue weighted by molar-refractivity contribution is 5.85. The van der Waals surface area contributed by atoms with Crippen LogP contribution >= 0.6 is 0 Å². The number of ether oxygens (including phenoxy) is 2. The maximum Gasteiger partial charge on any atom is 0.354 e. The first kappa shape index (κ1) is 14.8. The Kier molecular flexibility index (Phi) is 5.15.